The fraction of sp³-hybridized carbons (Fsp3) is 0.286. The normalized spacial score (nSPS) is 17.9. The number of carbonyl (C=O) groups excluding carboxylic acids is 3. The molecule has 3 amide bonds. The van der Waals surface area contributed by atoms with Crippen molar-refractivity contribution in [2.45, 2.75) is 25.0 Å². The number of amides is 3. The van der Waals surface area contributed by atoms with E-state index in [1.165, 1.54) is 0 Å². The Morgan fingerprint density at radius 1 is 1.14 bits per heavy atom. The largest absolute Gasteiger partial charge is 0.497 e. The lowest BCUT2D eigenvalue weighted by atomic mass is 9.93. The molecule has 1 aliphatic rings. The van der Waals surface area contributed by atoms with Crippen LogP contribution in [0, 0.1) is 0 Å². The number of rotatable bonds is 6. The molecule has 29 heavy (non-hydrogen) atoms. The minimum Gasteiger partial charge on any atom is -0.497 e. The van der Waals surface area contributed by atoms with E-state index in [1.807, 2.05) is 6.07 Å². The molecule has 0 radical (unpaired) electrons. The summed E-state index contributed by atoms with van der Waals surface area (Å²) in [6.07, 6.45) is -3.19. The van der Waals surface area contributed by atoms with Crippen LogP contribution in [0.3, 0.4) is 0 Å². The van der Waals surface area contributed by atoms with Crippen molar-refractivity contribution < 1.29 is 28.6 Å². The second-order valence-corrected chi connectivity index (χ2v) is 6.63. The summed E-state index contributed by atoms with van der Waals surface area (Å²) >= 11 is 0. The number of carbonyl (C=O) groups is 3. The molecule has 1 fully saturated rings. The molecule has 2 N–H and O–H groups in total. The van der Waals surface area contributed by atoms with Gasteiger partial charge in [0.05, 0.1) is 7.11 Å². The van der Waals surface area contributed by atoms with Crippen molar-refractivity contribution in [1.82, 2.24) is 4.90 Å². The fourth-order valence-corrected chi connectivity index (χ4v) is 3.30. The summed E-state index contributed by atoms with van der Waals surface area (Å²) in [5.74, 6) is -0.610. The Bertz CT molecular complexity index is 884. The van der Waals surface area contributed by atoms with Crippen LogP contribution in [-0.4, -0.2) is 42.8 Å². The Kier molecular flexibility index (Phi) is 6.01. The van der Waals surface area contributed by atoms with Gasteiger partial charge in [0.25, 0.3) is 5.91 Å². The third kappa shape index (κ3) is 4.31. The quantitative estimate of drug-likeness (QED) is 0.801. The lowest BCUT2D eigenvalue weighted by molar-refractivity contribution is -0.139. The van der Waals surface area contributed by atoms with Crippen LogP contribution < -0.4 is 10.5 Å². The second-order valence-electron chi connectivity index (χ2n) is 6.63. The van der Waals surface area contributed by atoms with Gasteiger partial charge in [-0.05, 0) is 23.3 Å². The maximum absolute atomic E-state index is 13.3. The number of ether oxygens (including phenoxy) is 3. The van der Waals surface area contributed by atoms with Crippen LogP contribution in [0.2, 0.25) is 0 Å². The third-order valence-electron chi connectivity index (χ3n) is 4.88. The Labute approximate surface area is 168 Å². The number of nitrogens with zero attached hydrogens (tertiary/aromatic N) is 1. The summed E-state index contributed by atoms with van der Waals surface area (Å²) in [5.41, 5.74) is 6.66. The predicted molar refractivity (Wildman–Crippen MR) is 103 cm³/mol. The lowest BCUT2D eigenvalue weighted by Crippen LogP contribution is -2.46. The highest BCUT2D eigenvalue weighted by Gasteiger charge is 2.44. The Morgan fingerprint density at radius 2 is 1.79 bits per heavy atom. The van der Waals surface area contributed by atoms with Crippen LogP contribution >= 0.6 is 0 Å². The highest BCUT2D eigenvalue weighted by atomic mass is 16.6. The minimum absolute atomic E-state index is 0.0226. The zero-order valence-corrected chi connectivity index (χ0v) is 16.1. The van der Waals surface area contributed by atoms with Crippen molar-refractivity contribution >= 4 is 18.1 Å². The number of benzene rings is 2. The van der Waals surface area contributed by atoms with Gasteiger partial charge in [0, 0.05) is 5.92 Å². The van der Waals surface area contributed by atoms with Gasteiger partial charge in [0.15, 0.2) is 6.10 Å². The van der Waals surface area contributed by atoms with Crippen molar-refractivity contribution in [3.05, 3.63) is 65.7 Å². The van der Waals surface area contributed by atoms with E-state index in [1.54, 1.807) is 62.6 Å². The molecule has 0 bridgehead atoms. The van der Waals surface area contributed by atoms with Crippen LogP contribution in [0.5, 0.6) is 5.75 Å². The first-order chi connectivity index (χ1) is 13.9. The molecule has 8 heteroatoms. The standard InChI is InChI=1S/C21H22N2O6/c1-13(14-8-10-16(27-2)11-9-14)18(29-20(22)25)19(24)23-17(12-28-21(23)26)15-6-4-3-5-7-15/h3-11,13,17-18H,12H2,1-2H3,(H2,22,25)/t13-,17-,18-/m0/s1. The predicted octanol–water partition coefficient (Wildman–Crippen LogP) is 2.98. The van der Waals surface area contributed by atoms with Crippen LogP contribution in [0.25, 0.3) is 0 Å². The van der Waals surface area contributed by atoms with Crippen LogP contribution in [-0.2, 0) is 14.3 Å². The Morgan fingerprint density at radius 3 is 2.38 bits per heavy atom. The molecule has 2 aromatic carbocycles. The molecule has 2 aromatic rings. The van der Waals surface area contributed by atoms with E-state index < -0.39 is 36.2 Å². The zero-order valence-electron chi connectivity index (χ0n) is 16.1. The van der Waals surface area contributed by atoms with Crippen molar-refractivity contribution in [3.8, 4) is 5.75 Å². The summed E-state index contributed by atoms with van der Waals surface area (Å²) in [5, 5.41) is 0. The first-order valence-electron chi connectivity index (χ1n) is 9.07. The zero-order chi connectivity index (χ0) is 21.0. The molecular formula is C21H22N2O6. The molecule has 3 rings (SSSR count). The molecule has 3 atom stereocenters. The maximum Gasteiger partial charge on any atom is 0.417 e. The van der Waals surface area contributed by atoms with Crippen molar-refractivity contribution in [2.24, 2.45) is 5.73 Å². The van der Waals surface area contributed by atoms with E-state index in [4.69, 9.17) is 19.9 Å². The van der Waals surface area contributed by atoms with E-state index >= 15 is 0 Å². The molecule has 0 aromatic heterocycles. The number of methoxy groups -OCH3 is 1. The van der Waals surface area contributed by atoms with Crippen LogP contribution in [0.15, 0.2) is 54.6 Å². The SMILES string of the molecule is COc1ccc([C@H](C)[C@H](OC(N)=O)C(=O)N2C(=O)OC[C@H]2c2ccccc2)cc1. The molecule has 1 heterocycles. The summed E-state index contributed by atoms with van der Waals surface area (Å²) in [6.45, 7) is 1.74. The van der Waals surface area contributed by atoms with Gasteiger partial charge in [0.1, 0.15) is 18.4 Å². The average Bonchev–Trinajstić information content (AvgIpc) is 3.13. The summed E-state index contributed by atoms with van der Waals surface area (Å²) in [7, 11) is 1.55. The topological polar surface area (TPSA) is 108 Å². The van der Waals surface area contributed by atoms with Gasteiger partial charge in [-0.25, -0.2) is 14.5 Å². The summed E-state index contributed by atoms with van der Waals surface area (Å²) in [4.78, 5) is 38.1. The minimum atomic E-state index is -1.29. The van der Waals surface area contributed by atoms with Gasteiger partial charge in [-0.15, -0.1) is 0 Å². The highest BCUT2D eigenvalue weighted by Crippen LogP contribution is 2.32. The first kappa shape index (κ1) is 20.2. The number of primary amides is 1. The van der Waals surface area contributed by atoms with Gasteiger partial charge in [-0.2, -0.15) is 0 Å². The molecule has 0 saturated carbocycles. The smallest absolute Gasteiger partial charge is 0.417 e. The first-order valence-corrected chi connectivity index (χ1v) is 9.07. The molecule has 0 aliphatic carbocycles. The van der Waals surface area contributed by atoms with E-state index in [0.717, 1.165) is 10.5 Å². The van der Waals surface area contributed by atoms with Gasteiger partial charge in [-0.1, -0.05) is 49.4 Å². The van der Waals surface area contributed by atoms with Gasteiger partial charge < -0.3 is 19.9 Å². The van der Waals surface area contributed by atoms with E-state index in [9.17, 15) is 14.4 Å². The van der Waals surface area contributed by atoms with Gasteiger partial charge in [0.2, 0.25) is 0 Å². The van der Waals surface area contributed by atoms with Gasteiger partial charge in [-0.3, -0.25) is 4.79 Å². The fourth-order valence-electron chi connectivity index (χ4n) is 3.30. The molecule has 0 unspecified atom stereocenters. The highest BCUT2D eigenvalue weighted by molar-refractivity contribution is 5.97. The Hall–Kier alpha value is -3.55. The molecule has 8 nitrogen and oxygen atoms in total. The number of cyclic esters (lactones) is 1. The van der Waals surface area contributed by atoms with Crippen LogP contribution in [0.1, 0.15) is 30.0 Å². The van der Waals surface area contributed by atoms with E-state index in [2.05, 4.69) is 0 Å². The van der Waals surface area contributed by atoms with E-state index in [0.29, 0.717) is 11.3 Å². The summed E-state index contributed by atoms with van der Waals surface area (Å²) < 4.78 is 15.4. The second kappa shape index (κ2) is 8.64. The number of nitrogens with two attached hydrogens (primary N) is 1. The Balaban J connectivity index is 1.91. The number of hydrogen-bond donors (Lipinski definition) is 1. The van der Waals surface area contributed by atoms with Crippen molar-refractivity contribution in [2.75, 3.05) is 13.7 Å². The summed E-state index contributed by atoms with van der Waals surface area (Å²) in [6, 6.07) is 15.4. The monoisotopic (exact) mass is 398 g/mol. The molecule has 1 saturated heterocycles. The maximum atomic E-state index is 13.3. The lowest BCUT2D eigenvalue weighted by Gasteiger charge is -2.28. The third-order valence-corrected chi connectivity index (χ3v) is 4.88. The molecule has 152 valence electrons. The van der Waals surface area contributed by atoms with E-state index in [-0.39, 0.29) is 6.61 Å². The molecule has 0 spiro atoms. The number of hydrogen-bond acceptors (Lipinski definition) is 6. The van der Waals surface area contributed by atoms with Crippen LogP contribution in [0.4, 0.5) is 9.59 Å². The van der Waals surface area contributed by atoms with Crippen molar-refractivity contribution in [3.63, 3.8) is 0 Å². The average molecular weight is 398 g/mol. The molecule has 1 aliphatic heterocycles. The molecular weight excluding hydrogens is 376 g/mol. The van der Waals surface area contributed by atoms with Crippen molar-refractivity contribution in [1.29, 1.82) is 0 Å². The van der Waals surface area contributed by atoms with Gasteiger partial charge >= 0.3 is 12.2 Å². The number of imide groups is 1.